The van der Waals surface area contributed by atoms with Crippen LogP contribution in [0.15, 0.2) is 18.2 Å². The standard InChI is InChI=1S/C14H22N2O3/c1-4-18-12-7-5-6-11(8-9-15)14(12)19-10-13(17)16(2)3/h5-7H,4,8-10,15H2,1-3H3. The highest BCUT2D eigenvalue weighted by Gasteiger charge is 2.13. The first-order valence-corrected chi connectivity index (χ1v) is 6.37. The van der Waals surface area contributed by atoms with Crippen LogP contribution in [0, 0.1) is 0 Å². The van der Waals surface area contributed by atoms with E-state index in [1.54, 1.807) is 14.1 Å². The van der Waals surface area contributed by atoms with Gasteiger partial charge in [-0.05, 0) is 31.5 Å². The number of hydrogen-bond donors (Lipinski definition) is 1. The summed E-state index contributed by atoms with van der Waals surface area (Å²) in [6.45, 7) is 2.97. The third kappa shape index (κ3) is 4.44. The minimum Gasteiger partial charge on any atom is -0.490 e. The SMILES string of the molecule is CCOc1cccc(CCN)c1OCC(=O)N(C)C. The van der Waals surface area contributed by atoms with Crippen LogP contribution in [0.3, 0.4) is 0 Å². The van der Waals surface area contributed by atoms with Crippen LogP contribution in [-0.2, 0) is 11.2 Å². The number of likely N-dealkylation sites (N-methyl/N-ethyl adjacent to an activating group) is 1. The van der Waals surface area contributed by atoms with Crippen LogP contribution < -0.4 is 15.2 Å². The van der Waals surface area contributed by atoms with Crippen LogP contribution in [0.25, 0.3) is 0 Å². The van der Waals surface area contributed by atoms with E-state index in [0.29, 0.717) is 31.1 Å². The fourth-order valence-electron chi connectivity index (χ4n) is 1.61. The summed E-state index contributed by atoms with van der Waals surface area (Å²) in [5.74, 6) is 1.18. The quantitative estimate of drug-likeness (QED) is 0.801. The van der Waals surface area contributed by atoms with Crippen molar-refractivity contribution >= 4 is 5.91 Å². The van der Waals surface area contributed by atoms with E-state index in [-0.39, 0.29) is 12.5 Å². The Balaban J connectivity index is 2.90. The Bertz CT molecular complexity index is 395. The van der Waals surface area contributed by atoms with Gasteiger partial charge in [0, 0.05) is 14.1 Å². The van der Waals surface area contributed by atoms with Gasteiger partial charge in [0.25, 0.3) is 5.91 Å². The van der Waals surface area contributed by atoms with E-state index in [0.717, 1.165) is 5.56 Å². The Hall–Kier alpha value is -1.75. The van der Waals surface area contributed by atoms with E-state index in [2.05, 4.69) is 0 Å². The molecule has 106 valence electrons. The third-order valence-electron chi connectivity index (χ3n) is 2.61. The van der Waals surface area contributed by atoms with E-state index in [1.807, 2.05) is 25.1 Å². The van der Waals surface area contributed by atoms with Gasteiger partial charge in [0.15, 0.2) is 18.1 Å². The monoisotopic (exact) mass is 266 g/mol. The number of carbonyl (C=O) groups excluding carboxylic acids is 1. The smallest absolute Gasteiger partial charge is 0.259 e. The molecule has 1 rings (SSSR count). The van der Waals surface area contributed by atoms with Gasteiger partial charge < -0.3 is 20.1 Å². The minimum atomic E-state index is -0.0926. The molecule has 0 saturated carbocycles. The molecule has 1 aromatic carbocycles. The first-order valence-electron chi connectivity index (χ1n) is 6.37. The predicted octanol–water partition coefficient (Wildman–Crippen LogP) is 1.05. The first kappa shape index (κ1) is 15.3. The van der Waals surface area contributed by atoms with Gasteiger partial charge in [-0.3, -0.25) is 4.79 Å². The van der Waals surface area contributed by atoms with Crippen molar-refractivity contribution in [2.75, 3.05) is 33.9 Å². The highest BCUT2D eigenvalue weighted by molar-refractivity contribution is 5.77. The second-order valence-corrected chi connectivity index (χ2v) is 4.29. The lowest BCUT2D eigenvalue weighted by Crippen LogP contribution is -2.27. The van der Waals surface area contributed by atoms with Gasteiger partial charge in [0.1, 0.15) is 0 Å². The summed E-state index contributed by atoms with van der Waals surface area (Å²) in [6.07, 6.45) is 0.687. The molecule has 5 nitrogen and oxygen atoms in total. The molecule has 5 heteroatoms. The van der Waals surface area contributed by atoms with Crippen molar-refractivity contribution in [2.45, 2.75) is 13.3 Å². The molecule has 0 bridgehead atoms. The van der Waals surface area contributed by atoms with Gasteiger partial charge in [-0.25, -0.2) is 0 Å². The Morgan fingerprint density at radius 1 is 1.32 bits per heavy atom. The number of nitrogens with zero attached hydrogens (tertiary/aromatic N) is 1. The number of benzene rings is 1. The maximum atomic E-state index is 11.6. The summed E-state index contributed by atoms with van der Waals surface area (Å²) in [5, 5.41) is 0. The molecule has 0 atom stereocenters. The maximum Gasteiger partial charge on any atom is 0.259 e. The number of ether oxygens (including phenoxy) is 2. The van der Waals surface area contributed by atoms with Gasteiger partial charge in [0.2, 0.25) is 0 Å². The molecule has 0 fully saturated rings. The zero-order valence-corrected chi connectivity index (χ0v) is 11.8. The number of rotatable bonds is 7. The lowest BCUT2D eigenvalue weighted by Gasteiger charge is -2.17. The van der Waals surface area contributed by atoms with Gasteiger partial charge in [-0.15, -0.1) is 0 Å². The fraction of sp³-hybridized carbons (Fsp3) is 0.500. The average Bonchev–Trinajstić information content (AvgIpc) is 2.38. The average molecular weight is 266 g/mol. The number of nitrogens with two attached hydrogens (primary N) is 1. The molecule has 0 saturated heterocycles. The molecule has 0 aliphatic carbocycles. The fourth-order valence-corrected chi connectivity index (χ4v) is 1.61. The molecule has 0 aliphatic rings. The summed E-state index contributed by atoms with van der Waals surface area (Å²) in [4.78, 5) is 13.1. The predicted molar refractivity (Wildman–Crippen MR) is 74.6 cm³/mol. The molecule has 0 aromatic heterocycles. The Labute approximate surface area is 114 Å². The third-order valence-corrected chi connectivity index (χ3v) is 2.61. The van der Waals surface area contributed by atoms with E-state index in [9.17, 15) is 4.79 Å². The van der Waals surface area contributed by atoms with E-state index >= 15 is 0 Å². The van der Waals surface area contributed by atoms with Gasteiger partial charge in [0.05, 0.1) is 6.61 Å². The molecular weight excluding hydrogens is 244 g/mol. The molecule has 0 heterocycles. The molecule has 0 aliphatic heterocycles. The van der Waals surface area contributed by atoms with Crippen LogP contribution in [0.4, 0.5) is 0 Å². The zero-order valence-electron chi connectivity index (χ0n) is 11.8. The summed E-state index contributed by atoms with van der Waals surface area (Å²) in [6, 6.07) is 5.67. The molecule has 0 unspecified atom stereocenters. The Morgan fingerprint density at radius 3 is 2.63 bits per heavy atom. The molecule has 2 N–H and O–H groups in total. The Kier molecular flexibility index (Phi) is 6.15. The molecule has 0 radical (unpaired) electrons. The highest BCUT2D eigenvalue weighted by atomic mass is 16.5. The minimum absolute atomic E-state index is 0.00530. The van der Waals surface area contributed by atoms with Crippen molar-refractivity contribution in [2.24, 2.45) is 5.73 Å². The van der Waals surface area contributed by atoms with Crippen LogP contribution in [0.5, 0.6) is 11.5 Å². The summed E-state index contributed by atoms with van der Waals surface area (Å²) in [7, 11) is 3.39. The van der Waals surface area contributed by atoms with Gasteiger partial charge in [-0.1, -0.05) is 12.1 Å². The Morgan fingerprint density at radius 2 is 2.05 bits per heavy atom. The highest BCUT2D eigenvalue weighted by Crippen LogP contribution is 2.31. The molecular formula is C14H22N2O3. The van der Waals surface area contributed by atoms with Crippen molar-refractivity contribution in [1.29, 1.82) is 0 Å². The number of carbonyl (C=O) groups is 1. The van der Waals surface area contributed by atoms with Crippen molar-refractivity contribution in [1.82, 2.24) is 4.90 Å². The number of hydrogen-bond acceptors (Lipinski definition) is 4. The molecule has 1 aromatic rings. The summed E-state index contributed by atoms with van der Waals surface area (Å²) < 4.78 is 11.2. The molecule has 19 heavy (non-hydrogen) atoms. The van der Waals surface area contributed by atoms with Crippen LogP contribution in [0.2, 0.25) is 0 Å². The lowest BCUT2D eigenvalue weighted by molar-refractivity contribution is -0.130. The first-order chi connectivity index (χ1) is 9.10. The van der Waals surface area contributed by atoms with Crippen molar-refractivity contribution in [3.63, 3.8) is 0 Å². The molecule has 1 amide bonds. The topological polar surface area (TPSA) is 64.8 Å². The van der Waals surface area contributed by atoms with Crippen molar-refractivity contribution < 1.29 is 14.3 Å². The van der Waals surface area contributed by atoms with Gasteiger partial charge >= 0.3 is 0 Å². The van der Waals surface area contributed by atoms with E-state index in [4.69, 9.17) is 15.2 Å². The lowest BCUT2D eigenvalue weighted by atomic mass is 10.1. The van der Waals surface area contributed by atoms with Crippen LogP contribution >= 0.6 is 0 Å². The number of para-hydroxylation sites is 1. The molecule has 0 spiro atoms. The maximum absolute atomic E-state index is 11.6. The van der Waals surface area contributed by atoms with Crippen LogP contribution in [-0.4, -0.2) is 44.7 Å². The summed E-state index contributed by atoms with van der Waals surface area (Å²) in [5.41, 5.74) is 6.54. The normalized spacial score (nSPS) is 10.1. The van der Waals surface area contributed by atoms with E-state index in [1.165, 1.54) is 4.90 Å². The van der Waals surface area contributed by atoms with E-state index < -0.39 is 0 Å². The largest absolute Gasteiger partial charge is 0.490 e. The van der Waals surface area contributed by atoms with Crippen LogP contribution in [0.1, 0.15) is 12.5 Å². The second-order valence-electron chi connectivity index (χ2n) is 4.29. The second kappa shape index (κ2) is 7.63. The summed E-state index contributed by atoms with van der Waals surface area (Å²) >= 11 is 0. The zero-order chi connectivity index (χ0) is 14.3. The van der Waals surface area contributed by atoms with Gasteiger partial charge in [-0.2, -0.15) is 0 Å². The van der Waals surface area contributed by atoms with Crippen molar-refractivity contribution in [3.05, 3.63) is 23.8 Å². The van der Waals surface area contributed by atoms with Crippen molar-refractivity contribution in [3.8, 4) is 11.5 Å². The number of amides is 1.